The smallest absolute Gasteiger partial charge is 0.281 e. The largest absolute Gasteiger partial charge is 0.329 e. The summed E-state index contributed by atoms with van der Waals surface area (Å²) in [6.07, 6.45) is 0. The van der Waals surface area contributed by atoms with E-state index < -0.39 is 11.8 Å². The van der Waals surface area contributed by atoms with Gasteiger partial charge in [0.2, 0.25) is 0 Å². The third-order valence-electron chi connectivity index (χ3n) is 2.24. The number of nitrogens with zero attached hydrogens (tertiary/aromatic N) is 2. The van der Waals surface area contributed by atoms with Crippen LogP contribution in [0.4, 0.5) is 11.6 Å². The molecule has 2 heterocycles. The predicted octanol–water partition coefficient (Wildman–Crippen LogP) is 1.37. The number of anilines is 2. The van der Waals surface area contributed by atoms with Gasteiger partial charge < -0.3 is 0 Å². The van der Waals surface area contributed by atoms with Crippen molar-refractivity contribution in [1.29, 1.82) is 0 Å². The average molecular weight is 341 g/mol. The Morgan fingerprint density at radius 2 is 1.18 bits per heavy atom. The summed E-state index contributed by atoms with van der Waals surface area (Å²) in [4.78, 5) is 30.9. The van der Waals surface area contributed by atoms with Gasteiger partial charge in [-0.05, 0) is 24.3 Å². The first-order valence-corrected chi connectivity index (χ1v) is 6.67. The van der Waals surface area contributed by atoms with E-state index in [9.17, 15) is 9.59 Å². The summed E-state index contributed by atoms with van der Waals surface area (Å²) >= 11 is 11.4. The summed E-state index contributed by atoms with van der Waals surface area (Å²) in [7, 11) is 0. The fourth-order valence-electron chi connectivity index (χ4n) is 1.31. The highest BCUT2D eigenvalue weighted by molar-refractivity contribution is 6.35. The lowest BCUT2D eigenvalue weighted by atomic mass is 10.5. The number of amides is 2. The Balaban J connectivity index is 1.81. The van der Waals surface area contributed by atoms with Gasteiger partial charge in [0.15, 0.2) is 0 Å². The van der Waals surface area contributed by atoms with Gasteiger partial charge in [0.25, 0.3) is 0 Å². The number of hydrogen-bond acceptors (Lipinski definition) is 6. The van der Waals surface area contributed by atoms with Crippen LogP contribution in [0.2, 0.25) is 10.3 Å². The third-order valence-corrected chi connectivity index (χ3v) is 2.67. The topological polar surface area (TPSA) is 108 Å². The number of carbonyl (C=O) groups is 2. The van der Waals surface area contributed by atoms with Crippen LogP contribution < -0.4 is 21.7 Å². The monoisotopic (exact) mass is 340 g/mol. The van der Waals surface area contributed by atoms with E-state index in [2.05, 4.69) is 31.7 Å². The van der Waals surface area contributed by atoms with E-state index in [1.165, 1.54) is 0 Å². The van der Waals surface area contributed by atoms with Crippen LogP contribution in [0.5, 0.6) is 0 Å². The minimum atomic E-state index is -0.934. The average Bonchev–Trinajstić information content (AvgIpc) is 2.50. The molecule has 0 aromatic carbocycles. The van der Waals surface area contributed by atoms with Gasteiger partial charge in [0.05, 0.1) is 0 Å². The molecule has 0 aliphatic rings. The lowest BCUT2D eigenvalue weighted by Gasteiger charge is -2.09. The molecule has 0 unspecified atom stereocenters. The standard InChI is InChI=1S/C12H10Cl2N6O2/c13-7-3-1-5-9(15-7)17-19-11(21)12(22)20-18-10-6-2-4-8(14)16-10/h1-6H,(H,15,17)(H,16,18)(H,19,21)(H,20,22). The second-order valence-corrected chi connectivity index (χ2v) is 4.62. The highest BCUT2D eigenvalue weighted by Crippen LogP contribution is 2.08. The van der Waals surface area contributed by atoms with Crippen molar-refractivity contribution in [2.24, 2.45) is 0 Å². The number of halogens is 2. The van der Waals surface area contributed by atoms with Crippen LogP contribution in [0, 0.1) is 0 Å². The molecule has 8 nitrogen and oxygen atoms in total. The fraction of sp³-hybridized carbons (Fsp3) is 0. The number of hydrazine groups is 2. The van der Waals surface area contributed by atoms with E-state index in [4.69, 9.17) is 23.2 Å². The Hall–Kier alpha value is -2.58. The first kappa shape index (κ1) is 15.8. The number of aromatic nitrogens is 2. The number of hydrogen-bond donors (Lipinski definition) is 4. The zero-order valence-electron chi connectivity index (χ0n) is 10.9. The highest BCUT2D eigenvalue weighted by Gasteiger charge is 2.13. The Morgan fingerprint density at radius 3 is 1.55 bits per heavy atom. The molecule has 2 aromatic heterocycles. The van der Waals surface area contributed by atoms with Gasteiger partial charge in [0, 0.05) is 0 Å². The SMILES string of the molecule is O=C(NNc1cccc(Cl)n1)C(=O)NNc1cccc(Cl)n1. The van der Waals surface area contributed by atoms with Crippen LogP contribution in [0.25, 0.3) is 0 Å². The normalized spacial score (nSPS) is 9.73. The second kappa shape index (κ2) is 7.43. The van der Waals surface area contributed by atoms with E-state index in [0.717, 1.165) is 0 Å². The summed E-state index contributed by atoms with van der Waals surface area (Å²) < 4.78 is 0. The van der Waals surface area contributed by atoms with Crippen molar-refractivity contribution in [2.45, 2.75) is 0 Å². The molecular weight excluding hydrogens is 331 g/mol. The third kappa shape index (κ3) is 4.76. The van der Waals surface area contributed by atoms with Gasteiger partial charge in [-0.25, -0.2) is 9.97 Å². The Bertz CT molecular complexity index is 637. The zero-order valence-corrected chi connectivity index (χ0v) is 12.4. The fourth-order valence-corrected chi connectivity index (χ4v) is 1.64. The molecular formula is C12H10Cl2N6O2. The Labute approximate surface area is 135 Å². The van der Waals surface area contributed by atoms with Crippen molar-refractivity contribution >= 4 is 46.7 Å². The summed E-state index contributed by atoms with van der Waals surface area (Å²) in [5.74, 6) is -1.29. The minimum Gasteiger partial charge on any atom is -0.281 e. The predicted molar refractivity (Wildman–Crippen MR) is 82.0 cm³/mol. The van der Waals surface area contributed by atoms with Crippen LogP contribution in [0.3, 0.4) is 0 Å². The van der Waals surface area contributed by atoms with Gasteiger partial charge in [-0.1, -0.05) is 35.3 Å². The molecule has 0 spiro atoms. The van der Waals surface area contributed by atoms with Crippen LogP contribution in [-0.2, 0) is 9.59 Å². The molecule has 2 amide bonds. The summed E-state index contributed by atoms with van der Waals surface area (Å²) in [6, 6.07) is 9.55. The van der Waals surface area contributed by atoms with Gasteiger partial charge in [-0.3, -0.25) is 31.3 Å². The van der Waals surface area contributed by atoms with E-state index in [1.54, 1.807) is 36.4 Å². The molecule has 0 fully saturated rings. The molecule has 2 aromatic rings. The number of rotatable bonds is 4. The van der Waals surface area contributed by atoms with Gasteiger partial charge in [0.1, 0.15) is 21.9 Å². The second-order valence-electron chi connectivity index (χ2n) is 3.85. The lowest BCUT2D eigenvalue weighted by Crippen LogP contribution is -2.44. The van der Waals surface area contributed by atoms with E-state index in [-0.39, 0.29) is 21.9 Å². The quantitative estimate of drug-likeness (QED) is 0.380. The molecule has 2 rings (SSSR count). The van der Waals surface area contributed by atoms with Crippen molar-refractivity contribution < 1.29 is 9.59 Å². The molecule has 114 valence electrons. The summed E-state index contributed by atoms with van der Waals surface area (Å²) in [5, 5.41) is 0.495. The number of pyridine rings is 2. The lowest BCUT2D eigenvalue weighted by molar-refractivity contribution is -0.138. The molecule has 0 atom stereocenters. The van der Waals surface area contributed by atoms with Crippen molar-refractivity contribution in [2.75, 3.05) is 10.9 Å². The highest BCUT2D eigenvalue weighted by atomic mass is 35.5. The maximum atomic E-state index is 11.6. The molecule has 0 aliphatic heterocycles. The van der Waals surface area contributed by atoms with Gasteiger partial charge in [-0.15, -0.1) is 0 Å². The number of nitrogens with one attached hydrogen (secondary N) is 4. The Morgan fingerprint density at radius 1 is 0.773 bits per heavy atom. The molecule has 4 N–H and O–H groups in total. The van der Waals surface area contributed by atoms with Crippen LogP contribution in [-0.4, -0.2) is 21.8 Å². The van der Waals surface area contributed by atoms with Crippen LogP contribution in [0.15, 0.2) is 36.4 Å². The van der Waals surface area contributed by atoms with Crippen molar-refractivity contribution in [3.8, 4) is 0 Å². The first-order valence-electron chi connectivity index (χ1n) is 5.92. The molecule has 0 bridgehead atoms. The van der Waals surface area contributed by atoms with E-state index in [1.807, 2.05) is 0 Å². The van der Waals surface area contributed by atoms with Crippen molar-refractivity contribution in [1.82, 2.24) is 20.8 Å². The molecule has 22 heavy (non-hydrogen) atoms. The van der Waals surface area contributed by atoms with E-state index >= 15 is 0 Å². The zero-order chi connectivity index (χ0) is 15.9. The molecule has 0 aliphatic carbocycles. The van der Waals surface area contributed by atoms with Crippen molar-refractivity contribution in [3.63, 3.8) is 0 Å². The Kier molecular flexibility index (Phi) is 5.34. The maximum absolute atomic E-state index is 11.6. The van der Waals surface area contributed by atoms with Gasteiger partial charge >= 0.3 is 11.8 Å². The molecule has 0 saturated heterocycles. The number of carbonyl (C=O) groups excluding carboxylic acids is 2. The summed E-state index contributed by atoms with van der Waals surface area (Å²) in [5.41, 5.74) is 9.24. The van der Waals surface area contributed by atoms with Crippen molar-refractivity contribution in [3.05, 3.63) is 46.7 Å². The van der Waals surface area contributed by atoms with Crippen LogP contribution in [0.1, 0.15) is 0 Å². The molecule has 10 heteroatoms. The van der Waals surface area contributed by atoms with E-state index in [0.29, 0.717) is 0 Å². The first-order chi connectivity index (χ1) is 10.5. The summed E-state index contributed by atoms with van der Waals surface area (Å²) in [6.45, 7) is 0. The maximum Gasteiger partial charge on any atom is 0.329 e. The molecule has 0 saturated carbocycles. The molecule has 0 radical (unpaired) electrons. The minimum absolute atomic E-state index is 0.248. The van der Waals surface area contributed by atoms with Gasteiger partial charge in [-0.2, -0.15) is 0 Å². The van der Waals surface area contributed by atoms with Crippen LogP contribution >= 0.6 is 23.2 Å².